The van der Waals surface area contributed by atoms with Crippen molar-refractivity contribution in [2.24, 2.45) is 12.8 Å². The molecule has 1 heterocycles. The number of benzene rings is 1. The molecule has 0 bridgehead atoms. The van der Waals surface area contributed by atoms with E-state index in [0.717, 1.165) is 5.56 Å². The van der Waals surface area contributed by atoms with Gasteiger partial charge in [-0.3, -0.25) is 4.79 Å². The first kappa shape index (κ1) is 13.2. The van der Waals surface area contributed by atoms with Crippen LogP contribution >= 0.6 is 0 Å². The standard InChI is InChI=1S/C12H16N6O/c1-3-10(13)12(19)14-9-6-4-5-8(7-9)11-15-16-17-18(11)2/h4-7,10H,3,13H2,1-2H3,(H,14,19)/t10-/m0/s1. The smallest absolute Gasteiger partial charge is 0.241 e. The zero-order valence-corrected chi connectivity index (χ0v) is 10.9. The number of hydrogen-bond donors (Lipinski definition) is 2. The Balaban J connectivity index is 2.21. The summed E-state index contributed by atoms with van der Waals surface area (Å²) in [6, 6.07) is 6.82. The van der Waals surface area contributed by atoms with Crippen molar-refractivity contribution in [1.29, 1.82) is 0 Å². The monoisotopic (exact) mass is 260 g/mol. The van der Waals surface area contributed by atoms with Crippen LogP contribution in [0.3, 0.4) is 0 Å². The lowest BCUT2D eigenvalue weighted by molar-refractivity contribution is -0.117. The lowest BCUT2D eigenvalue weighted by atomic mass is 10.1. The van der Waals surface area contributed by atoms with Crippen molar-refractivity contribution in [3.63, 3.8) is 0 Å². The number of anilines is 1. The molecular formula is C12H16N6O. The van der Waals surface area contributed by atoms with Gasteiger partial charge in [0.1, 0.15) is 0 Å². The number of rotatable bonds is 4. The summed E-state index contributed by atoms with van der Waals surface area (Å²) in [5.41, 5.74) is 7.18. The van der Waals surface area contributed by atoms with Crippen molar-refractivity contribution in [3.8, 4) is 11.4 Å². The number of nitrogens with zero attached hydrogens (tertiary/aromatic N) is 4. The van der Waals surface area contributed by atoms with Crippen LogP contribution in [0.5, 0.6) is 0 Å². The first-order valence-electron chi connectivity index (χ1n) is 6.01. The Morgan fingerprint density at radius 1 is 1.53 bits per heavy atom. The molecule has 100 valence electrons. The van der Waals surface area contributed by atoms with E-state index in [1.807, 2.05) is 25.1 Å². The molecule has 7 nitrogen and oxygen atoms in total. The zero-order valence-electron chi connectivity index (χ0n) is 10.9. The maximum atomic E-state index is 11.7. The van der Waals surface area contributed by atoms with Crippen molar-refractivity contribution in [3.05, 3.63) is 24.3 Å². The number of carbonyl (C=O) groups excluding carboxylic acids is 1. The van der Waals surface area contributed by atoms with Gasteiger partial charge < -0.3 is 11.1 Å². The van der Waals surface area contributed by atoms with Gasteiger partial charge in [0.15, 0.2) is 5.82 Å². The summed E-state index contributed by atoms with van der Waals surface area (Å²) < 4.78 is 1.57. The van der Waals surface area contributed by atoms with E-state index in [4.69, 9.17) is 5.73 Å². The summed E-state index contributed by atoms with van der Waals surface area (Å²) in [5, 5.41) is 14.1. The molecule has 0 aliphatic heterocycles. The van der Waals surface area contributed by atoms with Gasteiger partial charge in [0.25, 0.3) is 0 Å². The Kier molecular flexibility index (Phi) is 3.86. The molecule has 2 rings (SSSR count). The van der Waals surface area contributed by atoms with E-state index in [1.54, 1.807) is 17.8 Å². The average Bonchev–Trinajstić information content (AvgIpc) is 2.84. The van der Waals surface area contributed by atoms with Gasteiger partial charge in [-0.05, 0) is 29.0 Å². The van der Waals surface area contributed by atoms with Gasteiger partial charge in [-0.25, -0.2) is 4.68 Å². The highest BCUT2D eigenvalue weighted by Gasteiger charge is 2.12. The molecule has 7 heteroatoms. The third-order valence-electron chi connectivity index (χ3n) is 2.79. The summed E-state index contributed by atoms with van der Waals surface area (Å²) in [7, 11) is 1.76. The summed E-state index contributed by atoms with van der Waals surface area (Å²) in [6.07, 6.45) is 0.596. The van der Waals surface area contributed by atoms with E-state index in [1.165, 1.54) is 0 Å². The van der Waals surface area contributed by atoms with Crippen molar-refractivity contribution < 1.29 is 4.79 Å². The zero-order chi connectivity index (χ0) is 13.8. The van der Waals surface area contributed by atoms with Gasteiger partial charge in [-0.1, -0.05) is 19.1 Å². The van der Waals surface area contributed by atoms with Crippen LogP contribution in [-0.2, 0) is 11.8 Å². The number of amides is 1. The van der Waals surface area contributed by atoms with Gasteiger partial charge in [-0.2, -0.15) is 0 Å². The minimum atomic E-state index is -0.500. The highest BCUT2D eigenvalue weighted by molar-refractivity contribution is 5.95. The molecule has 0 radical (unpaired) electrons. The van der Waals surface area contributed by atoms with E-state index < -0.39 is 6.04 Å². The molecule has 0 spiro atoms. The van der Waals surface area contributed by atoms with Gasteiger partial charge >= 0.3 is 0 Å². The van der Waals surface area contributed by atoms with Crippen LogP contribution in [0.4, 0.5) is 5.69 Å². The van der Waals surface area contributed by atoms with Crippen molar-refractivity contribution in [2.75, 3.05) is 5.32 Å². The fourth-order valence-electron chi connectivity index (χ4n) is 1.63. The van der Waals surface area contributed by atoms with Crippen LogP contribution in [0, 0.1) is 0 Å². The summed E-state index contributed by atoms with van der Waals surface area (Å²) in [6.45, 7) is 1.87. The summed E-state index contributed by atoms with van der Waals surface area (Å²) in [4.78, 5) is 11.7. The molecule has 0 saturated heterocycles. The molecule has 3 N–H and O–H groups in total. The van der Waals surface area contributed by atoms with Crippen LogP contribution in [0.1, 0.15) is 13.3 Å². The molecule has 1 aromatic carbocycles. The number of aryl methyl sites for hydroxylation is 1. The number of nitrogens with two attached hydrogens (primary N) is 1. The molecule has 0 saturated carbocycles. The lowest BCUT2D eigenvalue weighted by Gasteiger charge is -2.10. The molecule has 2 aromatic rings. The van der Waals surface area contributed by atoms with Crippen LogP contribution in [-0.4, -0.2) is 32.2 Å². The van der Waals surface area contributed by atoms with Crippen LogP contribution < -0.4 is 11.1 Å². The van der Waals surface area contributed by atoms with Crippen molar-refractivity contribution in [1.82, 2.24) is 20.2 Å². The van der Waals surface area contributed by atoms with Crippen LogP contribution in [0.25, 0.3) is 11.4 Å². The first-order valence-corrected chi connectivity index (χ1v) is 6.01. The Labute approximate surface area is 110 Å². The first-order chi connectivity index (χ1) is 9.11. The topological polar surface area (TPSA) is 98.7 Å². The summed E-state index contributed by atoms with van der Waals surface area (Å²) >= 11 is 0. The number of hydrogen-bond acceptors (Lipinski definition) is 5. The van der Waals surface area contributed by atoms with Crippen molar-refractivity contribution in [2.45, 2.75) is 19.4 Å². The van der Waals surface area contributed by atoms with Crippen LogP contribution in [0.2, 0.25) is 0 Å². The van der Waals surface area contributed by atoms with E-state index >= 15 is 0 Å². The van der Waals surface area contributed by atoms with E-state index in [0.29, 0.717) is 17.9 Å². The molecule has 0 aliphatic rings. The predicted octanol–water partition coefficient (Wildman–Crippen LogP) is 0.553. The molecule has 1 atom stereocenters. The fraction of sp³-hybridized carbons (Fsp3) is 0.333. The fourth-order valence-corrected chi connectivity index (χ4v) is 1.63. The Morgan fingerprint density at radius 2 is 2.32 bits per heavy atom. The number of tetrazole rings is 1. The molecule has 0 unspecified atom stereocenters. The summed E-state index contributed by atoms with van der Waals surface area (Å²) in [5.74, 6) is 0.437. The minimum absolute atomic E-state index is 0.198. The highest BCUT2D eigenvalue weighted by atomic mass is 16.2. The third kappa shape index (κ3) is 2.94. The molecule has 0 fully saturated rings. The van der Waals surface area contributed by atoms with E-state index in [-0.39, 0.29) is 5.91 Å². The number of carbonyl (C=O) groups is 1. The second-order valence-corrected chi connectivity index (χ2v) is 4.21. The Hall–Kier alpha value is -2.28. The minimum Gasteiger partial charge on any atom is -0.325 e. The number of aromatic nitrogens is 4. The lowest BCUT2D eigenvalue weighted by Crippen LogP contribution is -2.34. The highest BCUT2D eigenvalue weighted by Crippen LogP contribution is 2.19. The van der Waals surface area contributed by atoms with Crippen LogP contribution in [0.15, 0.2) is 24.3 Å². The third-order valence-corrected chi connectivity index (χ3v) is 2.79. The molecule has 19 heavy (non-hydrogen) atoms. The molecule has 0 aliphatic carbocycles. The molecular weight excluding hydrogens is 244 g/mol. The maximum absolute atomic E-state index is 11.7. The van der Waals surface area contributed by atoms with E-state index in [2.05, 4.69) is 20.8 Å². The SMILES string of the molecule is CC[C@H](N)C(=O)Nc1cccc(-c2nnnn2C)c1. The largest absolute Gasteiger partial charge is 0.325 e. The second-order valence-electron chi connectivity index (χ2n) is 4.21. The average molecular weight is 260 g/mol. The maximum Gasteiger partial charge on any atom is 0.241 e. The molecule has 1 aromatic heterocycles. The Morgan fingerprint density at radius 3 is 2.95 bits per heavy atom. The van der Waals surface area contributed by atoms with Gasteiger partial charge in [0, 0.05) is 18.3 Å². The second kappa shape index (κ2) is 5.57. The predicted molar refractivity (Wildman–Crippen MR) is 71.1 cm³/mol. The quantitative estimate of drug-likeness (QED) is 0.836. The van der Waals surface area contributed by atoms with Crippen molar-refractivity contribution >= 4 is 11.6 Å². The van der Waals surface area contributed by atoms with Gasteiger partial charge in [0.05, 0.1) is 6.04 Å². The van der Waals surface area contributed by atoms with E-state index in [9.17, 15) is 4.79 Å². The number of nitrogens with one attached hydrogen (secondary N) is 1. The van der Waals surface area contributed by atoms with Gasteiger partial charge in [-0.15, -0.1) is 5.10 Å². The normalized spacial score (nSPS) is 12.2. The molecule has 1 amide bonds. The Bertz CT molecular complexity index is 579. The van der Waals surface area contributed by atoms with Gasteiger partial charge in [0.2, 0.25) is 5.91 Å².